The van der Waals surface area contributed by atoms with Gasteiger partial charge < -0.3 is 19.3 Å². The van der Waals surface area contributed by atoms with Gasteiger partial charge in [-0.2, -0.15) is 0 Å². The van der Waals surface area contributed by atoms with Gasteiger partial charge in [-0.1, -0.05) is 12.1 Å². The maximum atomic E-state index is 13.4. The number of benzene rings is 1. The molecule has 7 heteroatoms. The number of aliphatic hydroxyl groups is 1. The first kappa shape index (κ1) is 16.6. The van der Waals surface area contributed by atoms with Crippen LogP contribution >= 0.6 is 0 Å². The number of rotatable bonds is 4. The Kier molecular flexibility index (Phi) is 4.64. The second-order valence-electron chi connectivity index (χ2n) is 6.15. The highest BCUT2D eigenvalue weighted by atomic mass is 19.1. The van der Waals surface area contributed by atoms with E-state index in [0.717, 1.165) is 5.56 Å². The third-order valence-electron chi connectivity index (χ3n) is 4.16. The summed E-state index contributed by atoms with van der Waals surface area (Å²) >= 11 is 0. The van der Waals surface area contributed by atoms with Crippen LogP contribution in [0.4, 0.5) is 4.39 Å². The number of ether oxygens (including phenoxy) is 1. The van der Waals surface area contributed by atoms with Crippen molar-refractivity contribution in [1.82, 2.24) is 14.5 Å². The van der Waals surface area contributed by atoms with E-state index in [4.69, 9.17) is 4.74 Å². The first-order valence-corrected chi connectivity index (χ1v) is 7.78. The third-order valence-corrected chi connectivity index (χ3v) is 4.16. The van der Waals surface area contributed by atoms with E-state index in [2.05, 4.69) is 4.98 Å². The number of aryl methyl sites for hydroxylation is 1. The summed E-state index contributed by atoms with van der Waals surface area (Å²) in [5.74, 6) is -0.534. The van der Waals surface area contributed by atoms with E-state index in [-0.39, 0.29) is 24.9 Å². The zero-order valence-electron chi connectivity index (χ0n) is 13.5. The number of hydrogen-bond acceptors (Lipinski definition) is 4. The highest BCUT2D eigenvalue weighted by Gasteiger charge is 2.38. The van der Waals surface area contributed by atoms with Gasteiger partial charge in [0.2, 0.25) is 0 Å². The van der Waals surface area contributed by atoms with Crippen molar-refractivity contribution < 1.29 is 19.0 Å². The molecule has 0 aliphatic carbocycles. The SMILES string of the molecule is Cn1cnc(C(=O)N2CCO[C@@](CO)(Cc3cccc(F)c3)C2)c1. The molecule has 1 aliphatic heterocycles. The van der Waals surface area contributed by atoms with Gasteiger partial charge in [0, 0.05) is 26.2 Å². The minimum Gasteiger partial charge on any atom is -0.393 e. The Hall–Kier alpha value is -2.25. The third kappa shape index (κ3) is 3.47. The quantitative estimate of drug-likeness (QED) is 0.907. The van der Waals surface area contributed by atoms with E-state index < -0.39 is 5.60 Å². The Morgan fingerprint density at radius 3 is 3.00 bits per heavy atom. The van der Waals surface area contributed by atoms with Crippen LogP contribution in [0.2, 0.25) is 0 Å². The molecule has 1 aliphatic rings. The molecule has 0 unspecified atom stereocenters. The number of carbonyl (C=O) groups excluding carboxylic acids is 1. The molecule has 1 N–H and O–H groups in total. The fourth-order valence-electron chi connectivity index (χ4n) is 2.98. The Bertz CT molecular complexity index is 733. The Labute approximate surface area is 139 Å². The molecule has 3 rings (SSSR count). The fourth-order valence-corrected chi connectivity index (χ4v) is 2.98. The largest absolute Gasteiger partial charge is 0.393 e. The summed E-state index contributed by atoms with van der Waals surface area (Å²) in [4.78, 5) is 18.3. The van der Waals surface area contributed by atoms with Crippen molar-refractivity contribution in [2.75, 3.05) is 26.3 Å². The summed E-state index contributed by atoms with van der Waals surface area (Å²) in [7, 11) is 1.80. The Morgan fingerprint density at radius 1 is 1.50 bits per heavy atom. The van der Waals surface area contributed by atoms with E-state index in [9.17, 15) is 14.3 Å². The highest BCUT2D eigenvalue weighted by Crippen LogP contribution is 2.24. The first-order valence-electron chi connectivity index (χ1n) is 7.78. The Balaban J connectivity index is 1.77. The van der Waals surface area contributed by atoms with Crippen molar-refractivity contribution in [2.24, 2.45) is 7.05 Å². The molecule has 1 aromatic carbocycles. The molecule has 1 aromatic heterocycles. The van der Waals surface area contributed by atoms with Gasteiger partial charge in [0.05, 0.1) is 26.1 Å². The van der Waals surface area contributed by atoms with Crippen molar-refractivity contribution in [3.63, 3.8) is 0 Å². The lowest BCUT2D eigenvalue weighted by atomic mass is 9.93. The summed E-state index contributed by atoms with van der Waals surface area (Å²) in [6.45, 7) is 0.722. The second-order valence-corrected chi connectivity index (χ2v) is 6.15. The number of carbonyl (C=O) groups is 1. The molecule has 0 bridgehead atoms. The molecular formula is C17H20FN3O3. The standard InChI is InChI=1S/C17H20FN3O3/c1-20-9-15(19-12-20)16(23)21-5-6-24-17(10-21,11-22)8-13-3-2-4-14(18)7-13/h2-4,7,9,12,22H,5-6,8,10-11H2,1H3/t17-/m0/s1. The smallest absolute Gasteiger partial charge is 0.274 e. The molecule has 0 spiro atoms. The van der Waals surface area contributed by atoms with Gasteiger partial charge in [-0.25, -0.2) is 9.37 Å². The number of hydrogen-bond donors (Lipinski definition) is 1. The molecule has 1 atom stereocenters. The molecule has 0 saturated carbocycles. The van der Waals surface area contributed by atoms with Gasteiger partial charge in [-0.05, 0) is 17.7 Å². The predicted molar refractivity (Wildman–Crippen MR) is 85.0 cm³/mol. The first-order chi connectivity index (χ1) is 11.5. The number of amides is 1. The predicted octanol–water partition coefficient (Wildman–Crippen LogP) is 1.01. The molecule has 2 aromatic rings. The summed E-state index contributed by atoms with van der Waals surface area (Å²) in [6, 6.07) is 6.19. The van der Waals surface area contributed by atoms with E-state index >= 15 is 0 Å². The maximum Gasteiger partial charge on any atom is 0.274 e. The zero-order chi connectivity index (χ0) is 17.2. The van der Waals surface area contributed by atoms with Gasteiger partial charge in [0.1, 0.15) is 17.1 Å². The van der Waals surface area contributed by atoms with Gasteiger partial charge in [0.15, 0.2) is 0 Å². The van der Waals surface area contributed by atoms with E-state index in [1.165, 1.54) is 12.1 Å². The van der Waals surface area contributed by atoms with Gasteiger partial charge in [-0.3, -0.25) is 4.79 Å². The van der Waals surface area contributed by atoms with Gasteiger partial charge >= 0.3 is 0 Å². The molecule has 128 valence electrons. The molecule has 1 saturated heterocycles. The van der Waals surface area contributed by atoms with Crippen molar-refractivity contribution >= 4 is 5.91 Å². The molecule has 24 heavy (non-hydrogen) atoms. The van der Waals surface area contributed by atoms with E-state index in [0.29, 0.717) is 25.3 Å². The number of nitrogens with zero attached hydrogens (tertiary/aromatic N) is 3. The maximum absolute atomic E-state index is 13.4. The normalized spacial score (nSPS) is 21.0. The lowest BCUT2D eigenvalue weighted by Crippen LogP contribution is -2.56. The lowest BCUT2D eigenvalue weighted by molar-refractivity contribution is -0.123. The van der Waals surface area contributed by atoms with Crippen LogP contribution in [0.15, 0.2) is 36.8 Å². The van der Waals surface area contributed by atoms with Crippen molar-refractivity contribution in [1.29, 1.82) is 0 Å². The molecule has 2 heterocycles. The van der Waals surface area contributed by atoms with Crippen molar-refractivity contribution in [3.8, 4) is 0 Å². The molecule has 1 fully saturated rings. The molecule has 0 radical (unpaired) electrons. The van der Waals surface area contributed by atoms with Crippen LogP contribution in [0.1, 0.15) is 16.1 Å². The Morgan fingerprint density at radius 2 is 2.33 bits per heavy atom. The van der Waals surface area contributed by atoms with Crippen molar-refractivity contribution in [3.05, 3.63) is 53.9 Å². The van der Waals surface area contributed by atoms with Crippen LogP contribution in [0.25, 0.3) is 0 Å². The van der Waals surface area contributed by atoms with Crippen LogP contribution in [0.3, 0.4) is 0 Å². The topological polar surface area (TPSA) is 67.6 Å². The highest BCUT2D eigenvalue weighted by molar-refractivity contribution is 5.92. The van der Waals surface area contributed by atoms with Crippen LogP contribution in [-0.4, -0.2) is 57.4 Å². The van der Waals surface area contributed by atoms with E-state index in [1.807, 2.05) is 0 Å². The van der Waals surface area contributed by atoms with Crippen molar-refractivity contribution in [2.45, 2.75) is 12.0 Å². The number of aliphatic hydroxyl groups excluding tert-OH is 1. The van der Waals surface area contributed by atoms with E-state index in [1.54, 1.807) is 41.2 Å². The van der Waals surface area contributed by atoms with Crippen LogP contribution in [-0.2, 0) is 18.2 Å². The number of imidazole rings is 1. The van der Waals surface area contributed by atoms with Gasteiger partial charge in [0.25, 0.3) is 5.91 Å². The average molecular weight is 333 g/mol. The summed E-state index contributed by atoms with van der Waals surface area (Å²) in [6.07, 6.45) is 3.55. The molecule has 6 nitrogen and oxygen atoms in total. The number of morpholine rings is 1. The number of aromatic nitrogens is 2. The van der Waals surface area contributed by atoms with Crippen LogP contribution < -0.4 is 0 Å². The zero-order valence-corrected chi connectivity index (χ0v) is 13.5. The lowest BCUT2D eigenvalue weighted by Gasteiger charge is -2.41. The van der Waals surface area contributed by atoms with Crippen LogP contribution in [0.5, 0.6) is 0 Å². The summed E-state index contributed by atoms with van der Waals surface area (Å²) < 4.78 is 20.9. The molecule has 1 amide bonds. The molecular weight excluding hydrogens is 313 g/mol. The monoisotopic (exact) mass is 333 g/mol. The fraction of sp³-hybridized carbons (Fsp3) is 0.412. The summed E-state index contributed by atoms with van der Waals surface area (Å²) in [5, 5.41) is 9.87. The second kappa shape index (κ2) is 6.70. The minimum absolute atomic E-state index is 0.198. The number of halogens is 1. The minimum atomic E-state index is -0.934. The summed E-state index contributed by atoms with van der Waals surface area (Å²) in [5.41, 5.74) is 0.143. The average Bonchev–Trinajstić information content (AvgIpc) is 3.01. The van der Waals surface area contributed by atoms with Crippen LogP contribution in [0, 0.1) is 5.82 Å². The van der Waals surface area contributed by atoms with Gasteiger partial charge in [-0.15, -0.1) is 0 Å².